The first-order valence-corrected chi connectivity index (χ1v) is 45.0. The summed E-state index contributed by atoms with van der Waals surface area (Å²) in [6.45, 7) is -0.108. The molecule has 32 atom stereocenters. The van der Waals surface area contributed by atoms with Crippen LogP contribution in [0.25, 0.3) is 0 Å². The summed E-state index contributed by atoms with van der Waals surface area (Å²) in [5, 5.41) is 209. The minimum atomic E-state index is -2.37. The van der Waals surface area contributed by atoms with Gasteiger partial charge in [0.25, 0.3) is 0 Å². The second kappa shape index (κ2) is 58.4. The summed E-state index contributed by atoms with van der Waals surface area (Å²) in [7, 11) is 0. The Bertz CT molecular complexity index is 2740. The van der Waals surface area contributed by atoms with Crippen LogP contribution >= 0.6 is 0 Å². The molecule has 3 amide bonds. The Hall–Kier alpha value is -3.05. The molecule has 36 heteroatoms. The van der Waals surface area contributed by atoms with E-state index in [0.29, 0.717) is 12.8 Å². The lowest BCUT2D eigenvalue weighted by Gasteiger charge is -2.51. The van der Waals surface area contributed by atoms with Crippen molar-refractivity contribution in [3.05, 3.63) is 12.2 Å². The third-order valence-electron chi connectivity index (χ3n) is 23.7. The van der Waals surface area contributed by atoms with Crippen LogP contribution in [0.2, 0.25) is 0 Å². The number of aliphatic hydroxyl groups is 18. The average Bonchev–Trinajstić information content (AvgIpc) is 0.760. The highest BCUT2D eigenvalue weighted by atomic mass is 16.8. The normalized spacial score (nSPS) is 35.5. The molecule has 36 nitrogen and oxygen atoms in total. The third kappa shape index (κ3) is 33.9. The lowest BCUT2D eigenvalue weighted by Crippen LogP contribution is -2.70. The number of aliphatic hydroxyl groups excluding tert-OH is 18. The van der Waals surface area contributed by atoms with E-state index >= 15 is 0 Å². The molecule has 0 saturated carbocycles. The van der Waals surface area contributed by atoms with Crippen molar-refractivity contribution >= 4 is 17.7 Å². The molecule has 6 saturated heterocycles. The first kappa shape index (κ1) is 106. The summed E-state index contributed by atoms with van der Waals surface area (Å²) in [5.74, 6) is -2.04. The van der Waals surface area contributed by atoms with Gasteiger partial charge in [-0.2, -0.15) is 0 Å². The van der Waals surface area contributed by atoms with Crippen LogP contribution in [0.15, 0.2) is 12.2 Å². The van der Waals surface area contributed by atoms with Gasteiger partial charge in [-0.05, 0) is 19.3 Å². The summed E-state index contributed by atoms with van der Waals surface area (Å²) in [5.41, 5.74) is 0. The second-order valence-electron chi connectivity index (χ2n) is 33.5. The number of unbranched alkanes of at least 4 members (excludes halogenated alkanes) is 33. The molecule has 0 bridgehead atoms. The maximum Gasteiger partial charge on any atom is 0.220 e. The number of hydrogen-bond acceptors (Lipinski definition) is 33. The molecule has 6 rings (SSSR count). The van der Waals surface area contributed by atoms with Gasteiger partial charge in [-0.1, -0.05) is 231 Å². The van der Waals surface area contributed by atoms with E-state index in [0.717, 1.165) is 65.2 Å². The number of hydrogen-bond donors (Lipinski definition) is 21. The first-order valence-electron chi connectivity index (χ1n) is 45.0. The first-order chi connectivity index (χ1) is 57.8. The highest BCUT2D eigenvalue weighted by molar-refractivity contribution is 5.76. The molecule has 0 aromatic rings. The van der Waals surface area contributed by atoms with Crippen LogP contribution in [0.3, 0.4) is 0 Å². The fourth-order valence-electron chi connectivity index (χ4n) is 16.5. The van der Waals surface area contributed by atoms with Crippen molar-refractivity contribution in [2.75, 3.05) is 46.2 Å². The Kier molecular flexibility index (Phi) is 51.5. The number of ether oxygens (including phenoxy) is 12. The van der Waals surface area contributed by atoms with Crippen molar-refractivity contribution in [1.29, 1.82) is 0 Å². The zero-order valence-electron chi connectivity index (χ0n) is 71.2. The van der Waals surface area contributed by atoms with Gasteiger partial charge >= 0.3 is 0 Å². The zero-order chi connectivity index (χ0) is 87.6. The lowest BCUT2D eigenvalue weighted by molar-refractivity contribution is -0.401. The third-order valence-corrected chi connectivity index (χ3v) is 23.7. The molecular weight excluding hydrogens is 1580 g/mol. The van der Waals surface area contributed by atoms with Crippen molar-refractivity contribution in [2.45, 2.75) is 455 Å². The average molecular weight is 1730 g/mol. The number of rotatable bonds is 60. The molecule has 702 valence electrons. The number of carbonyl (C=O) groups is 3. The number of amides is 3. The molecular formula is C84H153N3O33. The van der Waals surface area contributed by atoms with Gasteiger partial charge < -0.3 is 165 Å². The van der Waals surface area contributed by atoms with E-state index in [1.165, 1.54) is 161 Å². The smallest absolute Gasteiger partial charge is 0.220 e. The molecule has 21 N–H and O–H groups in total. The van der Waals surface area contributed by atoms with Crippen molar-refractivity contribution in [1.82, 2.24) is 16.0 Å². The maximum atomic E-state index is 13.7. The fraction of sp³-hybridized carbons (Fsp3) is 0.940. The van der Waals surface area contributed by atoms with Crippen molar-refractivity contribution in [2.24, 2.45) is 0 Å². The van der Waals surface area contributed by atoms with E-state index in [-0.39, 0.29) is 12.3 Å². The van der Waals surface area contributed by atoms with E-state index in [4.69, 9.17) is 56.8 Å². The Morgan fingerprint density at radius 2 is 0.642 bits per heavy atom. The van der Waals surface area contributed by atoms with Crippen LogP contribution in [0.4, 0.5) is 0 Å². The van der Waals surface area contributed by atoms with Crippen molar-refractivity contribution < 1.29 is 163 Å². The summed E-state index contributed by atoms with van der Waals surface area (Å²) in [4.78, 5) is 39.2. The van der Waals surface area contributed by atoms with E-state index in [9.17, 15) is 106 Å². The second-order valence-corrected chi connectivity index (χ2v) is 33.5. The molecule has 6 aliphatic rings. The van der Waals surface area contributed by atoms with Crippen LogP contribution in [-0.4, -0.2) is 352 Å². The van der Waals surface area contributed by atoms with Crippen LogP contribution in [-0.2, 0) is 71.2 Å². The minimum Gasteiger partial charge on any atom is -0.394 e. The van der Waals surface area contributed by atoms with Gasteiger partial charge in [0.2, 0.25) is 17.7 Å². The molecule has 12 unspecified atom stereocenters. The fourth-order valence-corrected chi connectivity index (χ4v) is 16.5. The van der Waals surface area contributed by atoms with E-state index in [2.05, 4.69) is 29.8 Å². The minimum absolute atomic E-state index is 0.150. The highest BCUT2D eigenvalue weighted by Gasteiger charge is 2.59. The Balaban J connectivity index is 1.14. The van der Waals surface area contributed by atoms with Crippen molar-refractivity contribution in [3.8, 4) is 0 Å². The molecule has 0 radical (unpaired) electrons. The summed E-state index contributed by atoms with van der Waals surface area (Å²) >= 11 is 0. The predicted molar refractivity (Wildman–Crippen MR) is 431 cm³/mol. The van der Waals surface area contributed by atoms with Crippen LogP contribution in [0, 0.1) is 0 Å². The maximum absolute atomic E-state index is 13.7. The van der Waals surface area contributed by atoms with E-state index in [1.54, 1.807) is 6.08 Å². The Labute approximate surface area is 707 Å². The molecule has 0 aromatic heterocycles. The summed E-state index contributed by atoms with van der Waals surface area (Å²) in [6.07, 6.45) is -11.3. The van der Waals surface area contributed by atoms with Crippen LogP contribution in [0.5, 0.6) is 0 Å². The van der Waals surface area contributed by atoms with Gasteiger partial charge in [0.1, 0.15) is 146 Å². The summed E-state index contributed by atoms with van der Waals surface area (Å²) < 4.78 is 72.1. The molecule has 6 aliphatic heterocycles. The van der Waals surface area contributed by atoms with Crippen LogP contribution < -0.4 is 16.0 Å². The molecule has 0 aromatic carbocycles. The van der Waals surface area contributed by atoms with Gasteiger partial charge in [-0.25, -0.2) is 0 Å². The van der Waals surface area contributed by atoms with Crippen LogP contribution in [0.1, 0.15) is 259 Å². The van der Waals surface area contributed by atoms with E-state index in [1.807, 2.05) is 6.08 Å². The predicted octanol–water partition coefficient (Wildman–Crippen LogP) is 0.697. The molecule has 6 fully saturated rings. The summed E-state index contributed by atoms with van der Waals surface area (Å²) in [6, 6.07) is -4.65. The van der Waals surface area contributed by atoms with Gasteiger partial charge in [0.05, 0.1) is 58.4 Å². The van der Waals surface area contributed by atoms with Gasteiger partial charge in [0.15, 0.2) is 37.7 Å². The van der Waals surface area contributed by atoms with Gasteiger partial charge in [-0.15, -0.1) is 0 Å². The zero-order valence-corrected chi connectivity index (χ0v) is 71.2. The van der Waals surface area contributed by atoms with Crippen molar-refractivity contribution in [3.63, 3.8) is 0 Å². The lowest BCUT2D eigenvalue weighted by atomic mass is 9.94. The molecule has 0 spiro atoms. The van der Waals surface area contributed by atoms with Gasteiger partial charge in [-0.3, -0.25) is 14.4 Å². The molecule has 6 heterocycles. The Morgan fingerprint density at radius 3 is 1.08 bits per heavy atom. The number of allylic oxidation sites excluding steroid dienone is 1. The quantitative estimate of drug-likeness (QED) is 0.0294. The standard InChI is InChI=1S/C84H153N3O33/c1-5-7-9-11-13-15-17-19-20-21-22-23-24-25-26-27-28-30-32-34-36-38-40-42-60(97)87-52(53(96)41-39-37-35-33-31-29-18-16-14-12-10-8-6-2)49-109-81-71(106)69(104)75(58(47-92)114-81)117-84-73(108)78(76(59(48-93)115-84)118-79-61(85-50(3)94)66(101)63(98)54(43-88)110-79)120-83-72(107)77(65(100)56(45-90)112-83)119-80-62(86-51(4)95)67(102)74(57(46-91)113-80)116-82-70(105)68(103)64(99)55(44-89)111-82/h39,41,52-59,61-84,88-93,96,98-108H,5-38,40,42-49H2,1-4H3,(H,85,94)(H,86,95)(H,87,97)/b41-39+/t52-,53+,54?,55?,56?,57?,58?,59?,61?,62?,63-,64-,65-,66+,67+,68-,69+,70?,71?,72?,73?,74+,75+,76-,77-,78+,79-,80-,81+,82-,83+,84-/m0/s1. The van der Waals surface area contributed by atoms with E-state index < -0.39 is 254 Å². The van der Waals surface area contributed by atoms with Gasteiger partial charge in [0, 0.05) is 20.3 Å². The largest absolute Gasteiger partial charge is 0.394 e. The monoisotopic (exact) mass is 1730 g/mol. The number of carbonyl (C=O) groups excluding carboxylic acids is 3. The SMILES string of the molecule is CCCCCCCCCCCCC/C=C/[C@@H](O)[C@H](CO[C@@H]1OC(CO)[C@@H](O[C@@H]2OC(CO)[C@H](O[C@@H]3OC(CO)[C@H](O)[C@H](O)C3NC(C)=O)[C@H](O[C@H]3OC(CO)[C@H](O)[C@H](O[C@@H]4OC(CO)[C@@H](O[C@@H]5OC(CO)[C@H](O)[C@H](O)C5O)[C@H](O)C4NC(C)=O)C3O)C2O)[C@H](O)C1O)NC(=O)CCCCCCCCCCCCCCCCCCCCCCCCC. The topological polar surface area (TPSA) is 562 Å². The highest BCUT2D eigenvalue weighted by Crippen LogP contribution is 2.39. The molecule has 120 heavy (non-hydrogen) atoms. The molecule has 0 aliphatic carbocycles. The number of nitrogens with one attached hydrogen (secondary N) is 3. The Morgan fingerprint density at radius 1 is 0.325 bits per heavy atom.